The molecule has 1 aliphatic heterocycles. The summed E-state index contributed by atoms with van der Waals surface area (Å²) in [5, 5.41) is 10.0. The van der Waals surface area contributed by atoms with Gasteiger partial charge in [0.25, 0.3) is 5.91 Å². The van der Waals surface area contributed by atoms with Crippen molar-refractivity contribution in [3.8, 4) is 11.5 Å². The van der Waals surface area contributed by atoms with Crippen LogP contribution in [-0.4, -0.2) is 29.1 Å². The number of phenols is 1. The average molecular weight is 452 g/mol. The zero-order valence-electron chi connectivity index (χ0n) is 18.6. The number of carbonyl (C=O) groups excluding carboxylic acids is 1. The van der Waals surface area contributed by atoms with E-state index in [0.717, 1.165) is 16.7 Å². The third-order valence-corrected chi connectivity index (χ3v) is 6.01. The molecule has 1 N–H and O–H groups in total. The highest BCUT2D eigenvalue weighted by molar-refractivity contribution is 6.00. The van der Waals surface area contributed by atoms with Crippen LogP contribution in [0.3, 0.4) is 0 Å². The van der Waals surface area contributed by atoms with E-state index in [0.29, 0.717) is 17.9 Å². The van der Waals surface area contributed by atoms with Crippen molar-refractivity contribution in [3.05, 3.63) is 131 Å². The van der Waals surface area contributed by atoms with Crippen LogP contribution in [0.25, 0.3) is 0 Å². The highest BCUT2D eigenvalue weighted by Crippen LogP contribution is 2.46. The minimum Gasteiger partial charge on any atom is -0.504 e. The number of ether oxygens (including phenoxy) is 2. The zero-order valence-corrected chi connectivity index (χ0v) is 18.6. The summed E-state index contributed by atoms with van der Waals surface area (Å²) in [5.74, 6) is 0.390. The van der Waals surface area contributed by atoms with Crippen LogP contribution in [0.15, 0.2) is 109 Å². The fourth-order valence-corrected chi connectivity index (χ4v) is 4.48. The lowest BCUT2D eigenvalue weighted by molar-refractivity contribution is -0.117. The summed E-state index contributed by atoms with van der Waals surface area (Å²) in [4.78, 5) is 15.5. The quantitative estimate of drug-likeness (QED) is 0.367. The van der Waals surface area contributed by atoms with E-state index >= 15 is 0 Å². The zero-order chi connectivity index (χ0) is 23.4. The number of benzene rings is 4. The van der Waals surface area contributed by atoms with Crippen molar-refractivity contribution >= 4 is 5.91 Å². The van der Waals surface area contributed by atoms with Gasteiger partial charge in [0.2, 0.25) is 0 Å². The molecule has 0 radical (unpaired) electrons. The first-order valence-electron chi connectivity index (χ1n) is 11.3. The molecule has 5 rings (SSSR count). The summed E-state index contributed by atoms with van der Waals surface area (Å²) in [5.41, 5.74) is 2.21. The fraction of sp³-hybridized carbons (Fsp3) is 0.138. The topological polar surface area (TPSA) is 59.0 Å². The number of amides is 1. The Morgan fingerprint density at radius 1 is 0.735 bits per heavy atom. The Hall–Kier alpha value is -4.09. The van der Waals surface area contributed by atoms with Gasteiger partial charge in [0.05, 0.1) is 6.61 Å². The second kappa shape index (κ2) is 9.41. The van der Waals surface area contributed by atoms with Crippen LogP contribution < -0.4 is 4.74 Å². The maximum Gasteiger partial charge on any atom is 0.257 e. The number of aromatic hydroxyl groups is 1. The van der Waals surface area contributed by atoms with Gasteiger partial charge < -0.3 is 14.6 Å². The number of fused-ring (bicyclic) bond motifs is 1. The predicted molar refractivity (Wildman–Crippen MR) is 130 cm³/mol. The van der Waals surface area contributed by atoms with E-state index in [1.807, 2.05) is 84.9 Å². The lowest BCUT2D eigenvalue weighted by atomic mass is 9.93. The van der Waals surface area contributed by atoms with Crippen LogP contribution in [-0.2, 0) is 17.0 Å². The van der Waals surface area contributed by atoms with Gasteiger partial charge >= 0.3 is 0 Å². The molecule has 0 bridgehead atoms. The monoisotopic (exact) mass is 451 g/mol. The minimum absolute atomic E-state index is 0.0763. The summed E-state index contributed by atoms with van der Waals surface area (Å²) < 4.78 is 12.4. The number of rotatable bonds is 8. The van der Waals surface area contributed by atoms with Crippen molar-refractivity contribution in [3.63, 3.8) is 0 Å². The molecule has 1 unspecified atom stereocenters. The van der Waals surface area contributed by atoms with Crippen molar-refractivity contribution in [2.75, 3.05) is 13.2 Å². The number of hydrogen-bond donors (Lipinski definition) is 1. The first-order valence-corrected chi connectivity index (χ1v) is 11.3. The third kappa shape index (κ3) is 3.91. The van der Waals surface area contributed by atoms with Crippen LogP contribution in [0, 0.1) is 0 Å². The molecule has 4 aromatic rings. The van der Waals surface area contributed by atoms with Gasteiger partial charge in [0, 0.05) is 23.2 Å². The summed E-state index contributed by atoms with van der Waals surface area (Å²) in [7, 11) is 0. The maximum absolute atomic E-state index is 13.7. The normalized spacial score (nSPS) is 16.9. The Morgan fingerprint density at radius 3 is 2.15 bits per heavy atom. The van der Waals surface area contributed by atoms with Gasteiger partial charge in [-0.1, -0.05) is 91.0 Å². The molecule has 0 spiro atoms. The van der Waals surface area contributed by atoms with Crippen molar-refractivity contribution < 1.29 is 19.4 Å². The summed E-state index contributed by atoms with van der Waals surface area (Å²) in [6.07, 6.45) is 0. The van der Waals surface area contributed by atoms with Gasteiger partial charge in [-0.25, -0.2) is 0 Å². The van der Waals surface area contributed by atoms with Gasteiger partial charge in [-0.15, -0.1) is 0 Å². The molecular formula is C29H25NO4. The van der Waals surface area contributed by atoms with E-state index in [2.05, 4.69) is 0 Å². The van der Waals surface area contributed by atoms with Crippen molar-refractivity contribution in [2.45, 2.75) is 12.3 Å². The molecule has 0 aromatic heterocycles. The van der Waals surface area contributed by atoms with Crippen LogP contribution >= 0.6 is 0 Å². The number of hydrogen-bond acceptors (Lipinski definition) is 4. The van der Waals surface area contributed by atoms with Crippen molar-refractivity contribution in [1.29, 1.82) is 0 Å². The minimum atomic E-state index is -1.10. The van der Waals surface area contributed by atoms with Crippen LogP contribution in [0.2, 0.25) is 0 Å². The molecule has 1 atom stereocenters. The number of para-hydroxylation sites is 2. The van der Waals surface area contributed by atoms with E-state index < -0.39 is 5.72 Å². The largest absolute Gasteiger partial charge is 0.504 e. The Bertz CT molecular complexity index is 1280. The van der Waals surface area contributed by atoms with Gasteiger partial charge in [-0.05, 0) is 23.8 Å². The lowest BCUT2D eigenvalue weighted by Gasteiger charge is -2.39. The molecule has 0 saturated carbocycles. The molecule has 1 heterocycles. The molecule has 4 aromatic carbocycles. The molecule has 0 saturated heterocycles. The summed E-state index contributed by atoms with van der Waals surface area (Å²) in [6.45, 7) is 0.807. The summed E-state index contributed by atoms with van der Waals surface area (Å²) >= 11 is 0. The lowest BCUT2D eigenvalue weighted by Crippen LogP contribution is -2.47. The highest BCUT2D eigenvalue weighted by Gasteiger charge is 2.52. The SMILES string of the molecule is O=C1c2ccccc2C(OCCOc2ccccc2O)(c2ccccc2)N1Cc1ccccc1. The van der Waals surface area contributed by atoms with Gasteiger partial charge in [-0.2, -0.15) is 0 Å². The average Bonchev–Trinajstić information content (AvgIpc) is 3.12. The van der Waals surface area contributed by atoms with Gasteiger partial charge in [0.1, 0.15) is 6.61 Å². The third-order valence-electron chi connectivity index (χ3n) is 6.01. The maximum atomic E-state index is 13.7. The van der Waals surface area contributed by atoms with Gasteiger partial charge in [-0.3, -0.25) is 9.69 Å². The van der Waals surface area contributed by atoms with Gasteiger partial charge in [0.15, 0.2) is 17.2 Å². The molecule has 0 fully saturated rings. The second-order valence-electron chi connectivity index (χ2n) is 8.10. The van der Waals surface area contributed by atoms with Crippen molar-refractivity contribution in [1.82, 2.24) is 4.90 Å². The Morgan fingerprint density at radius 2 is 1.38 bits per heavy atom. The molecule has 5 nitrogen and oxygen atoms in total. The highest BCUT2D eigenvalue weighted by atomic mass is 16.6. The van der Waals surface area contributed by atoms with Crippen LogP contribution in [0.4, 0.5) is 0 Å². The molecule has 0 aliphatic carbocycles. The first-order chi connectivity index (χ1) is 16.7. The standard InChI is InChI=1S/C29H25NO4/c31-26-17-9-10-18-27(26)33-19-20-34-29(23-13-5-2-6-14-23)25-16-8-7-15-24(25)28(32)30(29)21-22-11-3-1-4-12-22/h1-18,31H,19-21H2. The molecular weight excluding hydrogens is 426 g/mol. The van der Waals surface area contributed by atoms with E-state index in [1.54, 1.807) is 29.2 Å². The van der Waals surface area contributed by atoms with Crippen LogP contribution in [0.5, 0.6) is 11.5 Å². The smallest absolute Gasteiger partial charge is 0.257 e. The van der Waals surface area contributed by atoms with E-state index in [-0.39, 0.29) is 24.9 Å². The van der Waals surface area contributed by atoms with E-state index in [4.69, 9.17) is 9.47 Å². The van der Waals surface area contributed by atoms with Crippen molar-refractivity contribution in [2.24, 2.45) is 0 Å². The molecule has 34 heavy (non-hydrogen) atoms. The number of phenolic OH excluding ortho intramolecular Hbond substituents is 1. The van der Waals surface area contributed by atoms with E-state index in [9.17, 15) is 9.90 Å². The summed E-state index contributed by atoms with van der Waals surface area (Å²) in [6, 6.07) is 34.2. The van der Waals surface area contributed by atoms with Crippen LogP contribution in [0.1, 0.15) is 27.0 Å². The number of nitrogens with zero attached hydrogens (tertiary/aromatic N) is 1. The fourth-order valence-electron chi connectivity index (χ4n) is 4.48. The molecule has 5 heteroatoms. The number of carbonyl (C=O) groups is 1. The molecule has 1 aliphatic rings. The molecule has 170 valence electrons. The Kier molecular flexibility index (Phi) is 6.02. The Balaban J connectivity index is 1.52. The van der Waals surface area contributed by atoms with E-state index in [1.165, 1.54) is 0 Å². The molecule has 1 amide bonds. The first kappa shape index (κ1) is 21.7. The second-order valence-corrected chi connectivity index (χ2v) is 8.10. The predicted octanol–water partition coefficient (Wildman–Crippen LogP) is 5.34. The Labute approximate surface area is 198 Å².